The smallest absolute Gasteiger partial charge is 0.367 e. The van der Waals surface area contributed by atoms with Crippen LogP contribution in [0.4, 0.5) is 0 Å². The fourth-order valence-electron chi connectivity index (χ4n) is 1.07. The zero-order chi connectivity index (χ0) is 12.6. The Labute approximate surface area is 89.9 Å². The van der Waals surface area contributed by atoms with Crippen LogP contribution in [0.1, 0.15) is 6.42 Å². The van der Waals surface area contributed by atoms with Gasteiger partial charge in [-0.2, -0.15) is 0 Å². The molecule has 9 nitrogen and oxygen atoms in total. The van der Waals surface area contributed by atoms with E-state index < -0.39 is 26.7 Å². The van der Waals surface area contributed by atoms with Crippen molar-refractivity contribution in [1.29, 1.82) is 0 Å². The van der Waals surface area contributed by atoms with Crippen LogP contribution in [-0.4, -0.2) is 48.4 Å². The first-order valence-corrected chi connectivity index (χ1v) is 7.26. The first-order chi connectivity index (χ1) is 7.08. The molecule has 0 saturated heterocycles. The second-order valence-corrected chi connectivity index (χ2v) is 7.19. The molecule has 1 rings (SSSR count). The molecule has 11 heteroatoms. The van der Waals surface area contributed by atoms with E-state index in [4.69, 9.17) is 19.6 Å². The number of aliphatic imine (C=N–C) groups is 1. The van der Waals surface area contributed by atoms with Gasteiger partial charge in [0.25, 0.3) is 10.9 Å². The first-order valence-electron chi connectivity index (χ1n) is 4.04. The van der Waals surface area contributed by atoms with Crippen molar-refractivity contribution in [2.75, 3.05) is 6.54 Å². The molecule has 0 spiro atoms. The third-order valence-electron chi connectivity index (χ3n) is 1.98. The highest BCUT2D eigenvalue weighted by molar-refractivity contribution is 7.72. The Morgan fingerprint density at radius 3 is 2.12 bits per heavy atom. The first kappa shape index (κ1) is 13.7. The highest BCUT2D eigenvalue weighted by Gasteiger charge is 2.61. The number of hydrogen-bond donors (Lipinski definition) is 6. The van der Waals surface area contributed by atoms with Crippen LogP contribution < -0.4 is 4.99 Å². The van der Waals surface area contributed by atoms with Crippen molar-refractivity contribution in [3.05, 3.63) is 0 Å². The molecular formula is C5H11N2O7P2+. The summed E-state index contributed by atoms with van der Waals surface area (Å²) in [5.74, 6) is -0.0887. The van der Waals surface area contributed by atoms with Gasteiger partial charge in [0.05, 0.1) is 0 Å². The van der Waals surface area contributed by atoms with E-state index in [2.05, 4.69) is 9.98 Å². The quantitative estimate of drug-likeness (QED) is 0.296. The number of rotatable bonds is 4. The largest absolute Gasteiger partial charge is 0.370 e. The molecule has 6 N–H and O–H groups in total. The Morgan fingerprint density at radius 1 is 1.31 bits per heavy atom. The molecule has 1 heterocycles. The van der Waals surface area contributed by atoms with Gasteiger partial charge >= 0.3 is 15.2 Å². The topological polar surface area (TPSA) is 162 Å². The molecule has 0 unspecified atom stereocenters. The van der Waals surface area contributed by atoms with E-state index in [0.29, 0.717) is 0 Å². The van der Waals surface area contributed by atoms with Crippen LogP contribution in [0.25, 0.3) is 0 Å². The number of amidine groups is 1. The van der Waals surface area contributed by atoms with Crippen LogP contribution >= 0.6 is 15.2 Å². The van der Waals surface area contributed by atoms with Crippen molar-refractivity contribution < 1.29 is 38.8 Å². The van der Waals surface area contributed by atoms with Crippen LogP contribution in [-0.2, 0) is 9.13 Å². The number of hydrogen-bond acceptors (Lipinski definition) is 4. The van der Waals surface area contributed by atoms with E-state index in [-0.39, 0.29) is 12.4 Å². The molecular weight excluding hydrogens is 262 g/mol. The second-order valence-electron chi connectivity index (χ2n) is 3.18. The van der Waals surface area contributed by atoms with Gasteiger partial charge in [0.2, 0.25) is 0 Å². The Kier molecular flexibility index (Phi) is 3.52. The number of nitrogens with one attached hydrogen (secondary N) is 1. The Morgan fingerprint density at radius 2 is 1.81 bits per heavy atom. The van der Waals surface area contributed by atoms with Crippen molar-refractivity contribution in [3.8, 4) is 0 Å². The molecule has 0 aromatic carbocycles. The third kappa shape index (κ3) is 2.46. The van der Waals surface area contributed by atoms with Crippen molar-refractivity contribution in [2.24, 2.45) is 4.99 Å². The fourth-order valence-corrected chi connectivity index (χ4v) is 3.14. The maximum atomic E-state index is 10.9. The fraction of sp³-hybridized carbons (Fsp3) is 0.600. The lowest BCUT2D eigenvalue weighted by molar-refractivity contribution is -0.436. The van der Waals surface area contributed by atoms with Gasteiger partial charge in [-0.1, -0.05) is 4.99 Å². The molecule has 1 aliphatic heterocycles. The average Bonchev–Trinajstić information content (AvgIpc) is 2.52. The Hall–Kier alpha value is -0.400. The Balaban J connectivity index is 3.12. The van der Waals surface area contributed by atoms with Crippen LogP contribution in [0.3, 0.4) is 0 Å². The van der Waals surface area contributed by atoms with Crippen molar-refractivity contribution in [3.63, 3.8) is 0 Å². The summed E-state index contributed by atoms with van der Waals surface area (Å²) < 4.78 is 21.9. The van der Waals surface area contributed by atoms with E-state index in [1.54, 1.807) is 0 Å². The molecule has 92 valence electrons. The lowest BCUT2D eigenvalue weighted by Gasteiger charge is -2.27. The third-order valence-corrected chi connectivity index (χ3v) is 5.73. The maximum Gasteiger partial charge on any atom is 0.370 e. The van der Waals surface area contributed by atoms with Gasteiger partial charge in [0.1, 0.15) is 13.0 Å². The van der Waals surface area contributed by atoms with Crippen LogP contribution in [0, 0.1) is 0 Å². The Bertz CT molecular complexity index is 410. The lowest BCUT2D eigenvalue weighted by atomic mass is 10.4. The van der Waals surface area contributed by atoms with Gasteiger partial charge in [-0.15, -0.1) is 0 Å². The summed E-state index contributed by atoms with van der Waals surface area (Å²) in [6, 6.07) is 0. The molecule has 16 heavy (non-hydrogen) atoms. The summed E-state index contributed by atoms with van der Waals surface area (Å²) in [4.78, 5) is 41.3. The predicted octanol–water partition coefficient (Wildman–Crippen LogP) is -3.06. The van der Waals surface area contributed by atoms with Gasteiger partial charge in [0, 0.05) is 0 Å². The summed E-state index contributed by atoms with van der Waals surface area (Å²) in [6.45, 7) is 0.272. The average molecular weight is 273 g/mol. The van der Waals surface area contributed by atoms with Crippen LogP contribution in [0.5, 0.6) is 0 Å². The van der Waals surface area contributed by atoms with E-state index in [1.807, 2.05) is 0 Å². The summed E-state index contributed by atoms with van der Waals surface area (Å²) in [5, 5.41) is 6.04. The molecule has 0 aliphatic carbocycles. The lowest BCUT2D eigenvalue weighted by Crippen LogP contribution is -2.71. The minimum atomic E-state index is -5.40. The normalized spacial score (nSPS) is 17.7. The highest BCUT2D eigenvalue weighted by atomic mass is 31.2. The van der Waals surface area contributed by atoms with Gasteiger partial charge in [0.15, 0.2) is 6.21 Å². The van der Waals surface area contributed by atoms with Crippen molar-refractivity contribution in [2.45, 2.75) is 11.5 Å². The molecule has 1 aliphatic rings. The summed E-state index contributed by atoms with van der Waals surface area (Å²) in [7, 11) is -10.8. The van der Waals surface area contributed by atoms with Crippen molar-refractivity contribution >= 4 is 27.2 Å². The molecule has 0 amide bonds. The van der Waals surface area contributed by atoms with Gasteiger partial charge in [-0.05, 0) is 0 Å². The molecule has 0 bridgehead atoms. The van der Waals surface area contributed by atoms with Gasteiger partial charge in [-0.3, -0.25) is 14.1 Å². The second kappa shape index (κ2) is 4.12. The van der Waals surface area contributed by atoms with E-state index in [9.17, 15) is 14.2 Å². The maximum absolute atomic E-state index is 10.9. The minimum Gasteiger partial charge on any atom is -0.367 e. The van der Waals surface area contributed by atoms with Crippen LogP contribution in [0.2, 0.25) is 0 Å². The van der Waals surface area contributed by atoms with E-state index >= 15 is 0 Å². The molecule has 0 atom stereocenters. The van der Waals surface area contributed by atoms with E-state index in [0.717, 1.165) is 0 Å². The molecule has 0 radical (unpaired) electrons. The SMILES string of the molecule is O=P(O)(O)C(O)(CC1=[NH+]CC=N1)P(=O)(O)O. The number of nitrogens with zero attached hydrogens (tertiary/aromatic N) is 1. The minimum absolute atomic E-state index is 0.0887. The number of aliphatic hydroxyl groups is 1. The standard InChI is InChI=1S/C5H10N2O7P2/c8-5(15(9,10)11,16(12,13)14)3-4-6-1-2-7-4/h1,8H,2-3H2,(H2,9,10,11)(H2,12,13,14)/p+1. The zero-order valence-electron chi connectivity index (χ0n) is 7.89. The van der Waals surface area contributed by atoms with Gasteiger partial charge in [-0.25, -0.2) is 0 Å². The zero-order valence-corrected chi connectivity index (χ0v) is 9.67. The van der Waals surface area contributed by atoms with Crippen molar-refractivity contribution in [1.82, 2.24) is 0 Å². The summed E-state index contributed by atoms with van der Waals surface area (Å²) in [6.07, 6.45) is 0.396. The molecule has 0 aromatic rings. The van der Waals surface area contributed by atoms with Gasteiger partial charge < -0.3 is 24.7 Å². The molecule has 0 saturated carbocycles. The molecule has 0 aromatic heterocycles. The highest BCUT2D eigenvalue weighted by Crippen LogP contribution is 2.68. The van der Waals surface area contributed by atoms with Crippen LogP contribution in [0.15, 0.2) is 4.99 Å². The predicted molar refractivity (Wildman–Crippen MR) is 53.0 cm³/mol. The molecule has 0 fully saturated rings. The summed E-state index contributed by atoms with van der Waals surface area (Å²) >= 11 is 0. The monoisotopic (exact) mass is 273 g/mol. The van der Waals surface area contributed by atoms with E-state index in [1.165, 1.54) is 6.21 Å². The summed E-state index contributed by atoms with van der Waals surface area (Å²) in [5.41, 5.74) is 0.